The number of nitrogens with two attached hydrogens (primary N) is 2. The van der Waals surface area contributed by atoms with E-state index in [1.165, 1.54) is 18.2 Å². The molecule has 0 fully saturated rings. The van der Waals surface area contributed by atoms with Crippen molar-refractivity contribution in [3.8, 4) is 5.75 Å². The summed E-state index contributed by atoms with van der Waals surface area (Å²) in [5.41, 5.74) is 15.3. The Balaban J connectivity index is 0.00000320. The van der Waals surface area contributed by atoms with Crippen molar-refractivity contribution in [2.45, 2.75) is 6.92 Å². The topological polar surface area (TPSA) is 159 Å². The number of benzene rings is 3. The summed E-state index contributed by atoms with van der Waals surface area (Å²) in [6.07, 6.45) is 0. The van der Waals surface area contributed by atoms with Gasteiger partial charge in [-0.2, -0.15) is 15.3 Å². The van der Waals surface area contributed by atoms with Gasteiger partial charge in [0.1, 0.15) is 17.0 Å². The van der Waals surface area contributed by atoms with E-state index in [1.807, 2.05) is 6.92 Å². The maximum Gasteiger partial charge on any atom is 0.339 e. The molecule has 9 nitrogen and oxygen atoms in total. The van der Waals surface area contributed by atoms with Gasteiger partial charge in [-0.05, 0) is 67.1 Å². The quantitative estimate of drug-likeness (QED) is 0.262. The minimum absolute atomic E-state index is 0. The van der Waals surface area contributed by atoms with Crippen LogP contribution in [0.1, 0.15) is 15.9 Å². The molecule has 0 aliphatic carbocycles. The van der Waals surface area contributed by atoms with E-state index >= 15 is 0 Å². The molecule has 0 atom stereocenters. The van der Waals surface area contributed by atoms with Gasteiger partial charge < -0.3 is 21.7 Å². The van der Waals surface area contributed by atoms with Crippen molar-refractivity contribution in [3.05, 3.63) is 65.7 Å². The Bertz CT molecular complexity index is 1130. The third-order valence-corrected chi connectivity index (χ3v) is 4.03. The van der Waals surface area contributed by atoms with E-state index in [-0.39, 0.29) is 40.9 Å². The van der Waals surface area contributed by atoms with E-state index < -0.39 is 5.97 Å². The summed E-state index contributed by atoms with van der Waals surface area (Å²) in [5.74, 6) is -1.57. The number of azo groups is 2. The van der Waals surface area contributed by atoms with Crippen LogP contribution in [0, 0.1) is 6.92 Å². The van der Waals surface area contributed by atoms with Crippen LogP contribution in [0.3, 0.4) is 0 Å². The first kappa shape index (κ1) is 23.0. The summed E-state index contributed by atoms with van der Waals surface area (Å²) >= 11 is 0. The summed E-state index contributed by atoms with van der Waals surface area (Å²) in [7, 11) is 0. The van der Waals surface area contributed by atoms with Crippen LogP contribution in [0.25, 0.3) is 0 Å². The van der Waals surface area contributed by atoms with Crippen molar-refractivity contribution in [1.82, 2.24) is 0 Å². The number of carbonyl (C=O) groups is 1. The van der Waals surface area contributed by atoms with Gasteiger partial charge in [0, 0.05) is 35.2 Å². The molecule has 0 aliphatic rings. The van der Waals surface area contributed by atoms with E-state index in [1.54, 1.807) is 36.4 Å². The Labute approximate surface area is 194 Å². The smallest absolute Gasteiger partial charge is 0.339 e. The molecule has 0 heterocycles. The molecule has 0 aliphatic heterocycles. The molecule has 0 spiro atoms. The van der Waals surface area contributed by atoms with Crippen LogP contribution in [-0.2, 0) is 0 Å². The number of rotatable bonds is 5. The van der Waals surface area contributed by atoms with E-state index in [0.29, 0.717) is 34.1 Å². The monoisotopic (exact) mass is 413 g/mol. The predicted octanol–water partition coefficient (Wildman–Crippen LogP) is 5.01. The number of anilines is 2. The third-order valence-electron chi connectivity index (χ3n) is 4.03. The zero-order valence-electron chi connectivity index (χ0n) is 16.4. The molecule has 3 rings (SSSR count). The van der Waals surface area contributed by atoms with Crippen LogP contribution in [0.4, 0.5) is 34.1 Å². The van der Waals surface area contributed by atoms with Crippen LogP contribution in [0.15, 0.2) is 75.1 Å². The van der Waals surface area contributed by atoms with Gasteiger partial charge in [0.15, 0.2) is 0 Å². The van der Waals surface area contributed by atoms with Gasteiger partial charge in [-0.3, -0.25) is 0 Å². The molecule has 0 amide bonds. The van der Waals surface area contributed by atoms with Crippen LogP contribution < -0.4 is 11.5 Å². The zero-order valence-corrected chi connectivity index (χ0v) is 18.4. The van der Waals surface area contributed by atoms with Gasteiger partial charge in [-0.1, -0.05) is 0 Å². The van der Waals surface area contributed by atoms with Crippen molar-refractivity contribution >= 4 is 69.7 Å². The maximum absolute atomic E-state index is 11.0. The minimum atomic E-state index is -1.24. The number of carboxylic acid groups (broad SMARTS) is 1. The number of hydrogen-bond acceptors (Lipinski definition) is 8. The van der Waals surface area contributed by atoms with Gasteiger partial charge in [0.2, 0.25) is 0 Å². The number of nitrogens with zero attached hydrogens (tertiary/aromatic N) is 4. The Morgan fingerprint density at radius 3 is 1.93 bits per heavy atom. The molecule has 30 heavy (non-hydrogen) atoms. The molecule has 0 aromatic heterocycles. The molecule has 0 bridgehead atoms. The average Bonchev–Trinajstić information content (AvgIpc) is 2.69. The van der Waals surface area contributed by atoms with Crippen molar-refractivity contribution in [2.75, 3.05) is 11.5 Å². The normalized spacial score (nSPS) is 11.0. The van der Waals surface area contributed by atoms with Crippen molar-refractivity contribution < 1.29 is 15.0 Å². The Hall–Kier alpha value is -3.27. The second-order valence-corrected chi connectivity index (χ2v) is 6.19. The minimum Gasteiger partial charge on any atom is -0.507 e. The molecule has 1 radical (unpaired) electrons. The molecule has 3 aromatic rings. The van der Waals surface area contributed by atoms with Crippen LogP contribution in [0.5, 0.6) is 5.75 Å². The van der Waals surface area contributed by atoms with Gasteiger partial charge in [-0.15, -0.1) is 5.11 Å². The molecule has 0 unspecified atom stereocenters. The van der Waals surface area contributed by atoms with Gasteiger partial charge in [-0.25, -0.2) is 4.79 Å². The standard InChI is InChI=1S/C20H18N6O3.Na/c1-11-8-18(17(22)10-16(11)21)26-24-13-4-2-12(3-5-13)23-25-14-6-7-19(27)15(9-14)20(28)29;/h2-10,27H,21-22H2,1H3,(H,28,29);. The maximum atomic E-state index is 11.0. The van der Waals surface area contributed by atoms with Crippen molar-refractivity contribution in [3.63, 3.8) is 0 Å². The summed E-state index contributed by atoms with van der Waals surface area (Å²) in [4.78, 5) is 11.0. The number of carboxylic acids is 1. The van der Waals surface area contributed by atoms with E-state index in [4.69, 9.17) is 16.6 Å². The fraction of sp³-hybridized carbons (Fsp3) is 0.0500. The SMILES string of the molecule is Cc1cc(N=Nc2ccc(N=Nc3ccc(O)c(C(=O)O)c3)cc2)c(N)cc1N.[Na]. The number of aromatic carboxylic acids is 1. The number of aromatic hydroxyl groups is 1. The zero-order chi connectivity index (χ0) is 21.0. The fourth-order valence-electron chi connectivity index (χ4n) is 2.38. The average molecular weight is 413 g/mol. The molecule has 0 saturated heterocycles. The first-order valence-corrected chi connectivity index (χ1v) is 8.49. The molecule has 3 aromatic carbocycles. The summed E-state index contributed by atoms with van der Waals surface area (Å²) < 4.78 is 0. The second kappa shape index (κ2) is 9.97. The second-order valence-electron chi connectivity index (χ2n) is 6.19. The molecule has 0 saturated carbocycles. The number of hydrogen-bond donors (Lipinski definition) is 4. The van der Waals surface area contributed by atoms with Crippen LogP contribution in [0.2, 0.25) is 0 Å². The Kier molecular flexibility index (Phi) is 7.65. The molecule has 10 heteroatoms. The number of nitrogen functional groups attached to an aromatic ring is 2. The summed E-state index contributed by atoms with van der Waals surface area (Å²) in [6, 6.07) is 14.2. The van der Waals surface area contributed by atoms with Crippen LogP contribution in [-0.4, -0.2) is 45.7 Å². The largest absolute Gasteiger partial charge is 0.507 e. The van der Waals surface area contributed by atoms with Crippen molar-refractivity contribution in [2.24, 2.45) is 20.5 Å². The first-order chi connectivity index (χ1) is 13.8. The Morgan fingerprint density at radius 2 is 1.33 bits per heavy atom. The van der Waals surface area contributed by atoms with Crippen molar-refractivity contribution in [1.29, 1.82) is 0 Å². The number of phenols is 1. The predicted molar refractivity (Wildman–Crippen MR) is 116 cm³/mol. The first-order valence-electron chi connectivity index (χ1n) is 8.49. The molecule has 6 N–H and O–H groups in total. The van der Waals surface area contributed by atoms with E-state index in [9.17, 15) is 9.90 Å². The molecular formula is C20H18N6NaO3. The fourth-order valence-corrected chi connectivity index (χ4v) is 2.38. The van der Waals surface area contributed by atoms with Gasteiger partial charge in [0.25, 0.3) is 0 Å². The summed E-state index contributed by atoms with van der Waals surface area (Å²) in [6.45, 7) is 1.86. The van der Waals surface area contributed by atoms with E-state index in [2.05, 4.69) is 20.5 Å². The number of aryl methyl sites for hydroxylation is 1. The van der Waals surface area contributed by atoms with E-state index in [0.717, 1.165) is 5.56 Å². The molecule has 147 valence electrons. The summed E-state index contributed by atoms with van der Waals surface area (Å²) in [5, 5.41) is 34.9. The Morgan fingerprint density at radius 1 is 0.800 bits per heavy atom. The van der Waals surface area contributed by atoms with Gasteiger partial charge >= 0.3 is 5.97 Å². The molecular weight excluding hydrogens is 395 g/mol. The third kappa shape index (κ3) is 5.63. The van der Waals surface area contributed by atoms with Crippen LogP contribution >= 0.6 is 0 Å². The van der Waals surface area contributed by atoms with Gasteiger partial charge in [0.05, 0.1) is 22.7 Å².